The molecular formula is C23H27ClF3NO2. The van der Waals surface area contributed by atoms with Gasteiger partial charge in [0.05, 0.1) is 18.3 Å². The fourth-order valence-electron chi connectivity index (χ4n) is 3.90. The van der Waals surface area contributed by atoms with Gasteiger partial charge in [-0.1, -0.05) is 30.7 Å². The maximum atomic E-state index is 12.7. The number of likely N-dealkylation sites (tertiary alicyclic amines) is 1. The van der Waals surface area contributed by atoms with Crippen LogP contribution in [0.25, 0.3) is 0 Å². The first-order valence-electron chi connectivity index (χ1n) is 10.2. The van der Waals surface area contributed by atoms with Crippen molar-refractivity contribution in [2.24, 2.45) is 11.8 Å². The Balaban J connectivity index is 1.48. The van der Waals surface area contributed by atoms with Crippen LogP contribution >= 0.6 is 11.6 Å². The number of piperidine rings is 1. The monoisotopic (exact) mass is 441 g/mol. The average Bonchev–Trinajstić information content (AvgIpc) is 2.72. The van der Waals surface area contributed by atoms with Crippen LogP contribution in [-0.4, -0.2) is 36.2 Å². The minimum Gasteiger partial charge on any atom is -0.493 e. The Morgan fingerprint density at radius 3 is 2.43 bits per heavy atom. The Kier molecular flexibility index (Phi) is 7.66. The summed E-state index contributed by atoms with van der Waals surface area (Å²) in [6.07, 6.45) is -2.85. The highest BCUT2D eigenvalue weighted by Gasteiger charge is 2.30. The largest absolute Gasteiger partial charge is 0.493 e. The lowest BCUT2D eigenvalue weighted by molar-refractivity contribution is -0.137. The third-order valence-electron chi connectivity index (χ3n) is 5.57. The number of ether oxygens (including phenoxy) is 1. The summed E-state index contributed by atoms with van der Waals surface area (Å²) in [5.41, 5.74) is 0.179. The fraction of sp³-hybridized carbons (Fsp3) is 0.478. The Labute approximate surface area is 180 Å². The molecule has 0 aromatic heterocycles. The second-order valence-corrected chi connectivity index (χ2v) is 8.51. The Morgan fingerprint density at radius 2 is 1.80 bits per heavy atom. The Bertz CT molecular complexity index is 796. The van der Waals surface area contributed by atoms with Crippen LogP contribution in [0.3, 0.4) is 0 Å². The zero-order valence-electron chi connectivity index (χ0n) is 16.9. The smallest absolute Gasteiger partial charge is 0.416 e. The van der Waals surface area contributed by atoms with Gasteiger partial charge in [-0.3, -0.25) is 0 Å². The first kappa shape index (κ1) is 22.9. The maximum Gasteiger partial charge on any atom is 0.416 e. The van der Waals surface area contributed by atoms with Crippen LogP contribution in [0.5, 0.6) is 5.75 Å². The van der Waals surface area contributed by atoms with Crippen molar-refractivity contribution in [3.05, 3.63) is 64.7 Å². The number of halogens is 4. The van der Waals surface area contributed by atoms with Gasteiger partial charge in [-0.2, -0.15) is 13.2 Å². The second kappa shape index (κ2) is 10.0. The Morgan fingerprint density at radius 1 is 1.13 bits per heavy atom. The summed E-state index contributed by atoms with van der Waals surface area (Å²) < 4.78 is 43.7. The number of hydrogen-bond acceptors (Lipinski definition) is 3. The molecule has 0 saturated carbocycles. The molecule has 3 rings (SSSR count). The van der Waals surface area contributed by atoms with Crippen molar-refractivity contribution in [1.82, 2.24) is 4.90 Å². The molecule has 3 nitrogen and oxygen atoms in total. The molecule has 164 valence electrons. The van der Waals surface area contributed by atoms with E-state index in [2.05, 4.69) is 4.90 Å². The van der Waals surface area contributed by atoms with Crippen molar-refractivity contribution in [2.45, 2.75) is 32.0 Å². The highest BCUT2D eigenvalue weighted by Crippen LogP contribution is 2.31. The van der Waals surface area contributed by atoms with Crippen LogP contribution in [0.1, 0.15) is 37.0 Å². The minimum absolute atomic E-state index is 0.0563. The second-order valence-electron chi connectivity index (χ2n) is 8.07. The quantitative estimate of drug-likeness (QED) is 0.587. The van der Waals surface area contributed by atoms with E-state index in [4.69, 9.17) is 16.3 Å². The molecule has 1 aliphatic heterocycles. The SMILES string of the molecule is CC(CN1CCCC(COc2ccc(C(F)(F)F)cc2)C1)C(O)c1ccc(Cl)cc1. The number of alkyl halides is 3. The van der Waals surface area contributed by atoms with Gasteiger partial charge in [0.2, 0.25) is 0 Å². The van der Waals surface area contributed by atoms with Gasteiger partial charge in [-0.15, -0.1) is 0 Å². The molecule has 2 aromatic rings. The van der Waals surface area contributed by atoms with Gasteiger partial charge in [0.25, 0.3) is 0 Å². The van der Waals surface area contributed by atoms with Crippen molar-refractivity contribution < 1.29 is 23.0 Å². The van der Waals surface area contributed by atoms with Crippen molar-refractivity contribution in [3.63, 3.8) is 0 Å². The molecule has 1 heterocycles. The van der Waals surface area contributed by atoms with Gasteiger partial charge in [0.1, 0.15) is 5.75 Å². The summed E-state index contributed by atoms with van der Waals surface area (Å²) in [5, 5.41) is 11.3. The zero-order chi connectivity index (χ0) is 21.7. The number of benzene rings is 2. The molecule has 0 radical (unpaired) electrons. The molecule has 1 aliphatic rings. The van der Waals surface area contributed by atoms with E-state index in [1.165, 1.54) is 12.1 Å². The number of nitrogens with zero attached hydrogens (tertiary/aromatic N) is 1. The van der Waals surface area contributed by atoms with Crippen LogP contribution in [0.2, 0.25) is 5.02 Å². The molecule has 3 atom stereocenters. The van der Waals surface area contributed by atoms with Crippen molar-refractivity contribution in [2.75, 3.05) is 26.2 Å². The predicted octanol–water partition coefficient (Wildman–Crippen LogP) is 5.82. The molecule has 1 N–H and O–H groups in total. The molecule has 7 heteroatoms. The molecule has 3 unspecified atom stereocenters. The first-order chi connectivity index (χ1) is 14.2. The van der Waals surface area contributed by atoms with Crippen molar-refractivity contribution >= 4 is 11.6 Å². The van der Waals surface area contributed by atoms with E-state index in [9.17, 15) is 18.3 Å². The maximum absolute atomic E-state index is 12.7. The zero-order valence-corrected chi connectivity index (χ0v) is 17.7. The number of aliphatic hydroxyl groups excluding tert-OH is 1. The van der Waals surface area contributed by atoms with Gasteiger partial charge in [0, 0.05) is 24.0 Å². The molecular weight excluding hydrogens is 415 g/mol. The highest BCUT2D eigenvalue weighted by molar-refractivity contribution is 6.30. The van der Waals surface area contributed by atoms with Crippen LogP contribution < -0.4 is 4.74 Å². The molecule has 0 aliphatic carbocycles. The minimum atomic E-state index is -4.34. The molecule has 2 aromatic carbocycles. The normalized spacial score (nSPS) is 20.0. The molecule has 1 fully saturated rings. The lowest BCUT2D eigenvalue weighted by Gasteiger charge is -2.35. The van der Waals surface area contributed by atoms with Crippen LogP contribution in [-0.2, 0) is 6.18 Å². The summed E-state index contributed by atoms with van der Waals surface area (Å²) in [6, 6.07) is 12.1. The summed E-state index contributed by atoms with van der Waals surface area (Å²) in [4.78, 5) is 2.33. The molecule has 1 saturated heterocycles. The molecule has 0 bridgehead atoms. The molecule has 0 spiro atoms. The van der Waals surface area contributed by atoms with Crippen LogP contribution in [0.4, 0.5) is 13.2 Å². The van der Waals surface area contributed by atoms with Gasteiger partial charge in [-0.05, 0) is 67.3 Å². The third-order valence-corrected chi connectivity index (χ3v) is 5.82. The lowest BCUT2D eigenvalue weighted by Crippen LogP contribution is -2.40. The van der Waals surface area contributed by atoms with Gasteiger partial charge in [-0.25, -0.2) is 0 Å². The fourth-order valence-corrected chi connectivity index (χ4v) is 4.03. The van der Waals surface area contributed by atoms with Crippen LogP contribution in [0.15, 0.2) is 48.5 Å². The predicted molar refractivity (Wildman–Crippen MR) is 112 cm³/mol. The summed E-state index contributed by atoms with van der Waals surface area (Å²) >= 11 is 5.92. The number of hydrogen-bond donors (Lipinski definition) is 1. The topological polar surface area (TPSA) is 32.7 Å². The third kappa shape index (κ3) is 6.37. The number of aliphatic hydroxyl groups is 1. The van der Waals surface area contributed by atoms with Gasteiger partial charge in [0.15, 0.2) is 0 Å². The van der Waals surface area contributed by atoms with Gasteiger partial charge < -0.3 is 14.7 Å². The van der Waals surface area contributed by atoms with Crippen LogP contribution in [0, 0.1) is 11.8 Å². The number of rotatable bonds is 7. The average molecular weight is 442 g/mol. The Hall–Kier alpha value is -1.76. The highest BCUT2D eigenvalue weighted by atomic mass is 35.5. The summed E-state index contributed by atoms with van der Waals surface area (Å²) in [7, 11) is 0. The van der Waals surface area contributed by atoms with E-state index < -0.39 is 17.8 Å². The van der Waals surface area contributed by atoms with Crippen molar-refractivity contribution in [3.8, 4) is 5.75 Å². The van der Waals surface area contributed by atoms with Gasteiger partial charge >= 0.3 is 6.18 Å². The summed E-state index contributed by atoms with van der Waals surface area (Å²) in [6.45, 7) is 5.07. The lowest BCUT2D eigenvalue weighted by atomic mass is 9.94. The van der Waals surface area contributed by atoms with E-state index in [1.807, 2.05) is 19.1 Å². The van der Waals surface area contributed by atoms with E-state index >= 15 is 0 Å². The van der Waals surface area contributed by atoms with E-state index in [-0.39, 0.29) is 5.92 Å². The van der Waals surface area contributed by atoms with E-state index in [0.717, 1.165) is 50.2 Å². The first-order valence-corrected chi connectivity index (χ1v) is 10.6. The molecule has 0 amide bonds. The summed E-state index contributed by atoms with van der Waals surface area (Å²) in [5.74, 6) is 0.813. The van der Waals surface area contributed by atoms with Crippen molar-refractivity contribution in [1.29, 1.82) is 0 Å². The molecule has 30 heavy (non-hydrogen) atoms. The van der Waals surface area contributed by atoms with E-state index in [1.54, 1.807) is 12.1 Å². The van der Waals surface area contributed by atoms with E-state index in [0.29, 0.717) is 23.3 Å². The standard InChI is InChI=1S/C23H27ClF3NO2/c1-16(22(29)18-4-8-20(24)9-5-18)13-28-12-2-3-17(14-28)15-30-21-10-6-19(7-11-21)23(25,26)27/h4-11,16-17,22,29H,2-3,12-15H2,1H3.